The molecule has 2 aromatic carbocycles. The first-order valence-corrected chi connectivity index (χ1v) is 11.8. The van der Waals surface area contributed by atoms with Gasteiger partial charge in [0.1, 0.15) is 5.82 Å². The Morgan fingerprint density at radius 2 is 1.91 bits per heavy atom. The number of nitrogens with one attached hydrogen (secondary N) is 1. The summed E-state index contributed by atoms with van der Waals surface area (Å²) in [6.45, 7) is 8.68. The molecule has 7 heteroatoms. The van der Waals surface area contributed by atoms with Crippen molar-refractivity contribution in [1.29, 1.82) is 5.26 Å². The molecule has 3 aromatic rings. The maximum absolute atomic E-state index is 13.2. The Morgan fingerprint density at radius 1 is 1.14 bits per heavy atom. The van der Waals surface area contributed by atoms with E-state index in [0.717, 1.165) is 46.9 Å². The molecule has 0 atom stereocenters. The number of ether oxygens (including phenoxy) is 1. The van der Waals surface area contributed by atoms with E-state index in [9.17, 15) is 10.1 Å². The van der Waals surface area contributed by atoms with Gasteiger partial charge >= 0.3 is 0 Å². The molecular weight excluding hydrogens is 438 g/mol. The zero-order valence-corrected chi connectivity index (χ0v) is 20.8. The number of nitriles is 1. The number of carbonyl (C=O) groups is 1. The van der Waals surface area contributed by atoms with Gasteiger partial charge < -0.3 is 15.0 Å². The molecular formula is C28H31N5O2. The van der Waals surface area contributed by atoms with Crippen molar-refractivity contribution in [2.75, 3.05) is 43.6 Å². The van der Waals surface area contributed by atoms with Crippen LogP contribution in [0.3, 0.4) is 0 Å². The highest BCUT2D eigenvalue weighted by molar-refractivity contribution is 5.98. The molecule has 0 amide bonds. The van der Waals surface area contributed by atoms with E-state index in [1.807, 2.05) is 69.3 Å². The van der Waals surface area contributed by atoms with Gasteiger partial charge in [-0.25, -0.2) is 4.98 Å². The lowest BCUT2D eigenvalue weighted by Gasteiger charge is -2.28. The Bertz CT molecular complexity index is 1270. The summed E-state index contributed by atoms with van der Waals surface area (Å²) in [4.78, 5) is 24.8. The normalized spacial score (nSPS) is 13.9. The van der Waals surface area contributed by atoms with Gasteiger partial charge in [-0.05, 0) is 43.5 Å². The average Bonchev–Trinajstić information content (AvgIpc) is 2.89. The highest BCUT2D eigenvalue weighted by Crippen LogP contribution is 2.29. The van der Waals surface area contributed by atoms with Crippen LogP contribution in [0.5, 0.6) is 0 Å². The van der Waals surface area contributed by atoms with Crippen molar-refractivity contribution in [1.82, 2.24) is 9.97 Å². The number of carbonyl (C=O) groups excluding carboxylic acids is 1. The monoisotopic (exact) mass is 469 g/mol. The summed E-state index contributed by atoms with van der Waals surface area (Å²) in [5.41, 5.74) is 4.55. The predicted octanol–water partition coefficient (Wildman–Crippen LogP) is 4.56. The molecule has 0 aliphatic carbocycles. The summed E-state index contributed by atoms with van der Waals surface area (Å²) in [5, 5.41) is 12.5. The van der Waals surface area contributed by atoms with Crippen molar-refractivity contribution in [3.8, 4) is 17.3 Å². The molecule has 1 aromatic heterocycles. The number of benzene rings is 2. The van der Waals surface area contributed by atoms with Crippen LogP contribution in [0.4, 0.5) is 11.8 Å². The standard InChI is InChI=1S/C28H31N5O2/c1-19-8-9-21(25(34)15-20-6-5-7-22(14-20)28(2,3)18-29)16-23(19)24-17-26(32-27(30-4)31-24)33-10-12-35-13-11-33/h5-9,14,16-17H,10-13,15H2,1-4H3,(H,30,31,32). The van der Waals surface area contributed by atoms with E-state index < -0.39 is 5.41 Å². The topological polar surface area (TPSA) is 91.1 Å². The van der Waals surface area contributed by atoms with E-state index in [1.165, 1.54) is 0 Å². The van der Waals surface area contributed by atoms with Crippen LogP contribution < -0.4 is 10.2 Å². The first-order chi connectivity index (χ1) is 16.8. The average molecular weight is 470 g/mol. The lowest BCUT2D eigenvalue weighted by atomic mass is 9.85. The molecule has 7 nitrogen and oxygen atoms in total. The Morgan fingerprint density at radius 3 is 2.63 bits per heavy atom. The zero-order chi connectivity index (χ0) is 25.0. The zero-order valence-electron chi connectivity index (χ0n) is 20.8. The molecule has 180 valence electrons. The maximum atomic E-state index is 13.2. The Kier molecular flexibility index (Phi) is 7.13. The SMILES string of the molecule is CNc1nc(-c2cc(C(=O)Cc3cccc(C(C)(C)C#N)c3)ccc2C)cc(N2CCOCC2)n1. The van der Waals surface area contributed by atoms with Crippen molar-refractivity contribution in [3.63, 3.8) is 0 Å². The summed E-state index contributed by atoms with van der Waals surface area (Å²) in [6.07, 6.45) is 0.266. The van der Waals surface area contributed by atoms with Crippen LogP contribution in [-0.4, -0.2) is 49.1 Å². The van der Waals surface area contributed by atoms with Crippen LogP contribution in [0.15, 0.2) is 48.5 Å². The van der Waals surface area contributed by atoms with Crippen molar-refractivity contribution < 1.29 is 9.53 Å². The van der Waals surface area contributed by atoms with Gasteiger partial charge in [0, 0.05) is 43.8 Å². The summed E-state index contributed by atoms with van der Waals surface area (Å²) in [7, 11) is 1.80. The van der Waals surface area contributed by atoms with Crippen LogP contribution in [0, 0.1) is 18.3 Å². The number of aryl methyl sites for hydroxylation is 1. The second kappa shape index (κ2) is 10.2. The predicted molar refractivity (Wildman–Crippen MR) is 138 cm³/mol. The van der Waals surface area contributed by atoms with E-state index in [-0.39, 0.29) is 12.2 Å². The number of rotatable bonds is 7. The summed E-state index contributed by atoms with van der Waals surface area (Å²) >= 11 is 0. The highest BCUT2D eigenvalue weighted by atomic mass is 16.5. The van der Waals surface area contributed by atoms with Crippen molar-refractivity contribution in [2.24, 2.45) is 0 Å². The molecule has 1 aliphatic heterocycles. The molecule has 1 saturated heterocycles. The quantitative estimate of drug-likeness (QED) is 0.507. The minimum absolute atomic E-state index is 0.0227. The minimum atomic E-state index is -0.605. The minimum Gasteiger partial charge on any atom is -0.378 e. The molecule has 4 rings (SSSR count). The smallest absolute Gasteiger partial charge is 0.224 e. The number of hydrogen-bond donors (Lipinski definition) is 1. The Hall–Kier alpha value is -3.76. The second-order valence-corrected chi connectivity index (χ2v) is 9.35. The third-order valence-corrected chi connectivity index (χ3v) is 6.40. The van der Waals surface area contributed by atoms with Crippen molar-refractivity contribution in [3.05, 3.63) is 70.8 Å². The first kappa shape index (κ1) is 24.4. The fourth-order valence-corrected chi connectivity index (χ4v) is 4.13. The van der Waals surface area contributed by atoms with Gasteiger partial charge in [-0.3, -0.25) is 4.79 Å². The van der Waals surface area contributed by atoms with E-state index in [4.69, 9.17) is 4.74 Å². The molecule has 2 heterocycles. The van der Waals surface area contributed by atoms with Crippen molar-refractivity contribution in [2.45, 2.75) is 32.6 Å². The number of morpholine rings is 1. The molecule has 1 fully saturated rings. The largest absolute Gasteiger partial charge is 0.378 e. The van der Waals surface area contributed by atoms with Gasteiger partial charge in [0.25, 0.3) is 0 Å². The van der Waals surface area contributed by atoms with Gasteiger partial charge in [-0.15, -0.1) is 0 Å². The molecule has 0 spiro atoms. The van der Waals surface area contributed by atoms with Gasteiger partial charge in [-0.2, -0.15) is 10.2 Å². The molecule has 1 N–H and O–H groups in total. The summed E-state index contributed by atoms with van der Waals surface area (Å²) in [6, 6.07) is 17.8. The van der Waals surface area contributed by atoms with Gasteiger partial charge in [0.2, 0.25) is 5.95 Å². The van der Waals surface area contributed by atoms with Crippen molar-refractivity contribution >= 4 is 17.5 Å². The van der Waals surface area contributed by atoms with E-state index in [0.29, 0.717) is 24.7 Å². The third kappa shape index (κ3) is 5.50. The first-order valence-electron chi connectivity index (χ1n) is 11.8. The molecule has 35 heavy (non-hydrogen) atoms. The molecule has 1 aliphatic rings. The Labute approximate surface area is 206 Å². The number of aromatic nitrogens is 2. The summed E-state index contributed by atoms with van der Waals surface area (Å²) < 4.78 is 5.48. The van der Waals surface area contributed by atoms with Gasteiger partial charge in [0.05, 0.1) is 30.4 Å². The van der Waals surface area contributed by atoms with Crippen LogP contribution >= 0.6 is 0 Å². The lowest BCUT2D eigenvalue weighted by molar-refractivity contribution is 0.0993. The number of anilines is 2. The lowest BCUT2D eigenvalue weighted by Crippen LogP contribution is -2.36. The van der Waals surface area contributed by atoms with Crippen LogP contribution in [0.25, 0.3) is 11.3 Å². The second-order valence-electron chi connectivity index (χ2n) is 9.35. The number of ketones is 1. The fourth-order valence-electron chi connectivity index (χ4n) is 4.13. The van der Waals surface area contributed by atoms with E-state index in [2.05, 4.69) is 26.3 Å². The number of hydrogen-bond acceptors (Lipinski definition) is 7. The van der Waals surface area contributed by atoms with Crippen LogP contribution in [-0.2, 0) is 16.6 Å². The molecule has 0 bridgehead atoms. The number of nitrogens with zero attached hydrogens (tertiary/aromatic N) is 4. The number of Topliss-reactive ketones (excluding diaryl/α,β-unsaturated/α-hetero) is 1. The van der Waals surface area contributed by atoms with E-state index in [1.54, 1.807) is 7.05 Å². The molecule has 0 radical (unpaired) electrons. The molecule has 0 unspecified atom stereocenters. The molecule has 0 saturated carbocycles. The van der Waals surface area contributed by atoms with Crippen LogP contribution in [0.1, 0.15) is 40.9 Å². The van der Waals surface area contributed by atoms with Crippen LogP contribution in [0.2, 0.25) is 0 Å². The highest BCUT2D eigenvalue weighted by Gasteiger charge is 2.21. The summed E-state index contributed by atoms with van der Waals surface area (Å²) in [5.74, 6) is 1.40. The fraction of sp³-hybridized carbons (Fsp3) is 0.357. The Balaban J connectivity index is 1.64. The maximum Gasteiger partial charge on any atom is 0.224 e. The van der Waals surface area contributed by atoms with Gasteiger partial charge in [0.15, 0.2) is 5.78 Å². The van der Waals surface area contributed by atoms with E-state index >= 15 is 0 Å². The van der Waals surface area contributed by atoms with Gasteiger partial charge in [-0.1, -0.05) is 36.4 Å². The third-order valence-electron chi connectivity index (χ3n) is 6.40.